The molecule has 0 unspecified atom stereocenters. The van der Waals surface area contributed by atoms with Crippen LogP contribution in [-0.4, -0.2) is 46.0 Å². The van der Waals surface area contributed by atoms with Crippen molar-refractivity contribution >= 4 is 18.1 Å². The molecule has 0 spiro atoms. The normalized spacial score (nSPS) is 16.9. The van der Waals surface area contributed by atoms with Crippen LogP contribution in [0.5, 0.6) is 0 Å². The second kappa shape index (κ2) is 6.52. The molecule has 118 valence electrons. The van der Waals surface area contributed by atoms with Crippen LogP contribution in [0.15, 0.2) is 24.3 Å². The fraction of sp³-hybridized carbons (Fsp3) is 0.429. The van der Waals surface area contributed by atoms with Crippen LogP contribution < -0.4 is 0 Å². The van der Waals surface area contributed by atoms with Crippen LogP contribution in [0.2, 0.25) is 0 Å². The van der Waals surface area contributed by atoms with E-state index in [1.54, 1.807) is 0 Å². The number of ether oxygens (including phenoxy) is 1. The molecule has 8 heteroatoms. The lowest BCUT2D eigenvalue weighted by Crippen LogP contribution is -2.47. The van der Waals surface area contributed by atoms with Crippen molar-refractivity contribution in [1.82, 2.24) is 4.90 Å². The van der Waals surface area contributed by atoms with Gasteiger partial charge in [-0.2, -0.15) is 0 Å². The van der Waals surface area contributed by atoms with Gasteiger partial charge in [0.15, 0.2) is 6.29 Å². The van der Waals surface area contributed by atoms with Crippen LogP contribution in [0.25, 0.3) is 0 Å². The van der Waals surface area contributed by atoms with Crippen molar-refractivity contribution in [3.8, 4) is 0 Å². The van der Waals surface area contributed by atoms with Crippen LogP contribution in [0.4, 0.5) is 10.5 Å². The quantitative estimate of drug-likeness (QED) is 0.509. The Morgan fingerprint density at radius 3 is 2.45 bits per heavy atom. The second-order valence-electron chi connectivity index (χ2n) is 5.19. The fourth-order valence-electron chi connectivity index (χ4n) is 2.14. The average Bonchev–Trinajstić information content (AvgIpc) is 2.53. The van der Waals surface area contributed by atoms with Crippen molar-refractivity contribution in [2.45, 2.75) is 25.0 Å². The van der Waals surface area contributed by atoms with E-state index in [0.29, 0.717) is 11.8 Å². The van der Waals surface area contributed by atoms with Gasteiger partial charge in [0, 0.05) is 38.1 Å². The van der Waals surface area contributed by atoms with Crippen molar-refractivity contribution < 1.29 is 24.4 Å². The Morgan fingerprint density at radius 1 is 1.36 bits per heavy atom. The first-order valence-corrected chi connectivity index (χ1v) is 6.77. The molecule has 0 aromatic heterocycles. The highest BCUT2D eigenvalue weighted by molar-refractivity contribution is 5.69. The number of amides is 1. The number of piperidine rings is 1. The molecule has 1 saturated heterocycles. The number of hydrogen-bond donors (Lipinski definition) is 1. The number of aliphatic hydroxyl groups is 1. The predicted octanol–water partition coefficient (Wildman–Crippen LogP) is 1.26. The molecule has 1 amide bonds. The number of hydrogen-bond acceptors (Lipinski definition) is 6. The first-order chi connectivity index (χ1) is 10.4. The summed E-state index contributed by atoms with van der Waals surface area (Å²) in [4.78, 5) is 34.0. The van der Waals surface area contributed by atoms with Crippen LogP contribution >= 0.6 is 0 Å². The zero-order valence-corrected chi connectivity index (χ0v) is 11.8. The molecule has 1 aliphatic rings. The van der Waals surface area contributed by atoms with Gasteiger partial charge in [-0.3, -0.25) is 10.1 Å². The Balaban J connectivity index is 1.83. The Hall–Kier alpha value is -2.48. The molecule has 0 atom stereocenters. The van der Waals surface area contributed by atoms with Gasteiger partial charge >= 0.3 is 6.09 Å². The summed E-state index contributed by atoms with van der Waals surface area (Å²) < 4.78 is 5.12. The van der Waals surface area contributed by atoms with Gasteiger partial charge in [-0.25, -0.2) is 4.79 Å². The van der Waals surface area contributed by atoms with Crippen molar-refractivity contribution in [2.24, 2.45) is 0 Å². The molecule has 1 aliphatic heterocycles. The van der Waals surface area contributed by atoms with Crippen LogP contribution in [0, 0.1) is 10.1 Å². The van der Waals surface area contributed by atoms with E-state index in [2.05, 4.69) is 0 Å². The lowest BCUT2D eigenvalue weighted by Gasteiger charge is -2.33. The van der Waals surface area contributed by atoms with Gasteiger partial charge in [-0.15, -0.1) is 0 Å². The summed E-state index contributed by atoms with van der Waals surface area (Å²) in [5.74, 6) is 0. The molecule has 22 heavy (non-hydrogen) atoms. The molecule has 1 fully saturated rings. The van der Waals surface area contributed by atoms with Crippen LogP contribution in [0.1, 0.15) is 18.4 Å². The fourth-order valence-corrected chi connectivity index (χ4v) is 2.14. The molecular weight excluding hydrogens is 292 g/mol. The minimum absolute atomic E-state index is 0.00523. The molecule has 1 heterocycles. The third kappa shape index (κ3) is 3.79. The summed E-state index contributed by atoms with van der Waals surface area (Å²) in [7, 11) is 0. The Morgan fingerprint density at radius 2 is 1.95 bits per heavy atom. The van der Waals surface area contributed by atoms with E-state index in [1.807, 2.05) is 0 Å². The van der Waals surface area contributed by atoms with Crippen molar-refractivity contribution in [3.63, 3.8) is 0 Å². The summed E-state index contributed by atoms with van der Waals surface area (Å²) in [5, 5.41) is 20.3. The maximum atomic E-state index is 11.9. The number of benzene rings is 1. The van der Waals surface area contributed by atoms with Crippen LogP contribution in [0.3, 0.4) is 0 Å². The number of likely N-dealkylation sites (tertiary alicyclic amines) is 1. The first-order valence-electron chi connectivity index (χ1n) is 6.77. The van der Waals surface area contributed by atoms with Gasteiger partial charge in [-0.05, 0) is 17.7 Å². The van der Waals surface area contributed by atoms with E-state index in [1.165, 1.54) is 29.2 Å². The monoisotopic (exact) mass is 308 g/mol. The van der Waals surface area contributed by atoms with Gasteiger partial charge in [0.1, 0.15) is 12.2 Å². The minimum Gasteiger partial charge on any atom is -0.445 e. The molecule has 0 radical (unpaired) electrons. The maximum Gasteiger partial charge on any atom is 0.410 e. The average molecular weight is 308 g/mol. The molecule has 0 saturated carbocycles. The molecular formula is C14H16N2O6. The zero-order chi connectivity index (χ0) is 16.2. The van der Waals surface area contributed by atoms with E-state index < -0.39 is 16.6 Å². The highest BCUT2D eigenvalue weighted by Gasteiger charge is 2.34. The molecule has 1 N–H and O–H groups in total. The maximum absolute atomic E-state index is 11.9. The number of nitrogens with zero attached hydrogens (tertiary/aromatic N) is 2. The first kappa shape index (κ1) is 15.9. The number of aldehydes is 1. The van der Waals surface area contributed by atoms with Crippen molar-refractivity contribution in [2.75, 3.05) is 13.1 Å². The SMILES string of the molecule is O=CC1(O)CCN(C(=O)OCc2ccc([N+](=O)[O-])cc2)CC1. The largest absolute Gasteiger partial charge is 0.445 e. The second-order valence-corrected chi connectivity index (χ2v) is 5.19. The summed E-state index contributed by atoms with van der Waals surface area (Å²) in [6.07, 6.45) is 0.338. The molecule has 1 aromatic rings. The minimum atomic E-state index is -1.35. The topological polar surface area (TPSA) is 110 Å². The molecule has 0 bridgehead atoms. The molecule has 2 rings (SSSR count). The lowest BCUT2D eigenvalue weighted by molar-refractivity contribution is -0.384. The Labute approximate surface area is 126 Å². The van der Waals surface area contributed by atoms with Crippen molar-refractivity contribution in [1.29, 1.82) is 0 Å². The Bertz CT molecular complexity index is 563. The molecule has 1 aromatic carbocycles. The number of carbonyl (C=O) groups excluding carboxylic acids is 2. The predicted molar refractivity (Wildman–Crippen MR) is 75.1 cm³/mol. The third-order valence-electron chi connectivity index (χ3n) is 3.62. The number of nitro benzene ring substituents is 1. The van der Waals surface area contributed by atoms with E-state index in [4.69, 9.17) is 4.74 Å². The summed E-state index contributed by atoms with van der Waals surface area (Å²) in [6.45, 7) is 0.494. The van der Waals surface area contributed by atoms with Gasteiger partial charge in [-0.1, -0.05) is 0 Å². The van der Waals surface area contributed by atoms with Gasteiger partial charge in [0.2, 0.25) is 0 Å². The van der Waals surface area contributed by atoms with Gasteiger partial charge < -0.3 is 19.5 Å². The van der Waals surface area contributed by atoms with Crippen molar-refractivity contribution in [3.05, 3.63) is 39.9 Å². The summed E-state index contributed by atoms with van der Waals surface area (Å²) in [6, 6.07) is 5.72. The molecule has 0 aliphatic carbocycles. The van der Waals surface area contributed by atoms with E-state index in [-0.39, 0.29) is 38.2 Å². The number of nitro groups is 1. The third-order valence-corrected chi connectivity index (χ3v) is 3.62. The molecule has 8 nitrogen and oxygen atoms in total. The van der Waals surface area contributed by atoms with Gasteiger partial charge in [0.05, 0.1) is 4.92 Å². The lowest BCUT2D eigenvalue weighted by atomic mass is 9.93. The highest BCUT2D eigenvalue weighted by atomic mass is 16.6. The zero-order valence-electron chi connectivity index (χ0n) is 11.8. The van der Waals surface area contributed by atoms with Gasteiger partial charge in [0.25, 0.3) is 5.69 Å². The van der Waals surface area contributed by atoms with E-state index in [9.17, 15) is 24.8 Å². The number of carbonyl (C=O) groups is 2. The summed E-state index contributed by atoms with van der Waals surface area (Å²) in [5.41, 5.74) is -0.741. The highest BCUT2D eigenvalue weighted by Crippen LogP contribution is 2.20. The number of non-ortho nitro benzene ring substituents is 1. The Kier molecular flexibility index (Phi) is 4.71. The van der Waals surface area contributed by atoms with E-state index in [0.717, 1.165) is 0 Å². The number of rotatable bonds is 4. The van der Waals surface area contributed by atoms with Crippen LogP contribution in [-0.2, 0) is 16.1 Å². The smallest absolute Gasteiger partial charge is 0.410 e. The van der Waals surface area contributed by atoms with E-state index >= 15 is 0 Å². The standard InChI is InChI=1S/C14H16N2O6/c17-10-14(19)5-7-15(8-6-14)13(18)22-9-11-1-3-12(4-2-11)16(20)21/h1-4,10,19H,5-9H2. The summed E-state index contributed by atoms with van der Waals surface area (Å²) >= 11 is 0.